The third-order valence-corrected chi connectivity index (χ3v) is 3.23. The molecule has 2 rings (SSSR count). The number of carbonyl (C=O) groups is 1. The zero-order valence-electron chi connectivity index (χ0n) is 10.4. The molecule has 1 aromatic heterocycles. The highest BCUT2D eigenvalue weighted by Crippen LogP contribution is 2.17. The summed E-state index contributed by atoms with van der Waals surface area (Å²) in [4.78, 5) is 14.1. The van der Waals surface area contributed by atoms with E-state index >= 15 is 0 Å². The van der Waals surface area contributed by atoms with Gasteiger partial charge in [0.25, 0.3) is 5.91 Å². The van der Waals surface area contributed by atoms with Crippen LogP contribution in [0, 0.1) is 13.8 Å². The van der Waals surface area contributed by atoms with Crippen molar-refractivity contribution in [1.82, 2.24) is 14.7 Å². The summed E-state index contributed by atoms with van der Waals surface area (Å²) in [6.45, 7) is 5.21. The standard InChI is InChI=1S/C11H18N4O.ClH/c1-7-10(8(2)14(3)13-7)11(16)15-5-4-9(12)6-15;/h9H,4-6,12H2,1-3H3;1H/t9-;/m1./s1. The second-order valence-corrected chi connectivity index (χ2v) is 4.47. The van der Waals surface area contributed by atoms with Gasteiger partial charge in [-0.25, -0.2) is 0 Å². The number of nitrogens with zero attached hydrogens (tertiary/aromatic N) is 3. The maximum atomic E-state index is 12.3. The Morgan fingerprint density at radius 1 is 1.47 bits per heavy atom. The van der Waals surface area contributed by atoms with E-state index in [1.54, 1.807) is 4.68 Å². The Morgan fingerprint density at radius 3 is 2.53 bits per heavy atom. The molecule has 1 aliphatic rings. The molecule has 0 radical (unpaired) electrons. The average Bonchev–Trinajstić information content (AvgIpc) is 2.73. The molecule has 1 amide bonds. The van der Waals surface area contributed by atoms with E-state index in [4.69, 9.17) is 5.73 Å². The minimum Gasteiger partial charge on any atom is -0.337 e. The smallest absolute Gasteiger partial charge is 0.257 e. The number of aromatic nitrogens is 2. The summed E-state index contributed by atoms with van der Waals surface area (Å²) in [5.74, 6) is 0.0658. The molecule has 1 atom stereocenters. The molecule has 0 spiro atoms. The van der Waals surface area contributed by atoms with Crippen molar-refractivity contribution in [2.24, 2.45) is 12.8 Å². The normalized spacial score (nSPS) is 19.3. The van der Waals surface area contributed by atoms with E-state index in [0.29, 0.717) is 6.54 Å². The van der Waals surface area contributed by atoms with Gasteiger partial charge in [-0.3, -0.25) is 9.48 Å². The highest BCUT2D eigenvalue weighted by Gasteiger charge is 2.28. The van der Waals surface area contributed by atoms with E-state index in [9.17, 15) is 4.79 Å². The largest absolute Gasteiger partial charge is 0.337 e. The number of hydrogen-bond acceptors (Lipinski definition) is 3. The highest BCUT2D eigenvalue weighted by molar-refractivity contribution is 5.96. The van der Waals surface area contributed by atoms with Crippen molar-refractivity contribution in [3.63, 3.8) is 0 Å². The third-order valence-electron chi connectivity index (χ3n) is 3.23. The zero-order chi connectivity index (χ0) is 11.9. The number of rotatable bonds is 1. The van der Waals surface area contributed by atoms with E-state index in [2.05, 4.69) is 5.10 Å². The molecule has 6 heteroatoms. The molecular formula is C11H19ClN4O. The van der Waals surface area contributed by atoms with Gasteiger partial charge in [-0.1, -0.05) is 0 Å². The Balaban J connectivity index is 0.00000144. The summed E-state index contributed by atoms with van der Waals surface area (Å²) in [5, 5.41) is 4.26. The third kappa shape index (κ3) is 2.45. The van der Waals surface area contributed by atoms with Crippen molar-refractivity contribution in [2.75, 3.05) is 13.1 Å². The SMILES string of the molecule is Cc1nn(C)c(C)c1C(=O)N1CC[C@@H](N)C1.Cl. The molecule has 5 nitrogen and oxygen atoms in total. The first kappa shape index (κ1) is 14.0. The van der Waals surface area contributed by atoms with Gasteiger partial charge in [0.1, 0.15) is 0 Å². The fourth-order valence-electron chi connectivity index (χ4n) is 2.21. The predicted octanol–water partition coefficient (Wildman–Crippen LogP) is 0.632. The summed E-state index contributed by atoms with van der Waals surface area (Å²) >= 11 is 0. The van der Waals surface area contributed by atoms with Gasteiger partial charge in [-0.05, 0) is 20.3 Å². The number of nitrogens with two attached hydrogens (primary N) is 1. The fraction of sp³-hybridized carbons (Fsp3) is 0.636. The molecule has 0 saturated carbocycles. The molecule has 0 aromatic carbocycles. The minimum atomic E-state index is 0. The first-order chi connectivity index (χ1) is 7.50. The van der Waals surface area contributed by atoms with Crippen LogP contribution in [-0.4, -0.2) is 39.7 Å². The highest BCUT2D eigenvalue weighted by atomic mass is 35.5. The summed E-state index contributed by atoms with van der Waals surface area (Å²) < 4.78 is 1.75. The molecule has 2 heterocycles. The summed E-state index contributed by atoms with van der Waals surface area (Å²) in [5.41, 5.74) is 8.26. The van der Waals surface area contributed by atoms with E-state index < -0.39 is 0 Å². The second kappa shape index (κ2) is 5.06. The van der Waals surface area contributed by atoms with Crippen LogP contribution in [0.5, 0.6) is 0 Å². The Labute approximate surface area is 107 Å². The van der Waals surface area contributed by atoms with Crippen LogP contribution >= 0.6 is 12.4 Å². The van der Waals surface area contributed by atoms with Crippen LogP contribution in [0.25, 0.3) is 0 Å². The van der Waals surface area contributed by atoms with Crippen LogP contribution in [0.3, 0.4) is 0 Å². The Hall–Kier alpha value is -1.07. The minimum absolute atomic E-state index is 0. The zero-order valence-corrected chi connectivity index (χ0v) is 11.3. The van der Waals surface area contributed by atoms with Gasteiger partial charge < -0.3 is 10.6 Å². The summed E-state index contributed by atoms with van der Waals surface area (Å²) in [6, 6.07) is 0.126. The number of carbonyl (C=O) groups excluding carboxylic acids is 1. The van der Waals surface area contributed by atoms with Gasteiger partial charge in [-0.15, -0.1) is 12.4 Å². The fourth-order valence-corrected chi connectivity index (χ4v) is 2.21. The average molecular weight is 259 g/mol. The van der Waals surface area contributed by atoms with Gasteiger partial charge in [0, 0.05) is 31.9 Å². The van der Waals surface area contributed by atoms with Crippen LogP contribution in [0.1, 0.15) is 28.2 Å². The lowest BCUT2D eigenvalue weighted by molar-refractivity contribution is 0.0789. The van der Waals surface area contributed by atoms with Crippen LogP contribution in [-0.2, 0) is 7.05 Å². The van der Waals surface area contributed by atoms with Gasteiger partial charge in [0.2, 0.25) is 0 Å². The van der Waals surface area contributed by atoms with Gasteiger partial charge in [-0.2, -0.15) is 5.10 Å². The lowest BCUT2D eigenvalue weighted by atomic mass is 10.1. The molecule has 1 fully saturated rings. The molecule has 0 aliphatic carbocycles. The number of halogens is 1. The maximum absolute atomic E-state index is 12.3. The number of hydrogen-bond donors (Lipinski definition) is 1. The summed E-state index contributed by atoms with van der Waals surface area (Å²) in [6.07, 6.45) is 0.893. The van der Waals surface area contributed by atoms with Crippen LogP contribution in [0.2, 0.25) is 0 Å². The van der Waals surface area contributed by atoms with Crippen molar-refractivity contribution in [1.29, 1.82) is 0 Å². The Kier molecular flexibility index (Phi) is 4.16. The van der Waals surface area contributed by atoms with Crippen molar-refractivity contribution in [3.05, 3.63) is 17.0 Å². The van der Waals surface area contributed by atoms with Crippen molar-refractivity contribution < 1.29 is 4.79 Å². The van der Waals surface area contributed by atoms with Crippen molar-refractivity contribution in [2.45, 2.75) is 26.3 Å². The molecule has 2 N–H and O–H groups in total. The van der Waals surface area contributed by atoms with Gasteiger partial charge in [0.15, 0.2) is 0 Å². The van der Waals surface area contributed by atoms with Crippen molar-refractivity contribution in [3.8, 4) is 0 Å². The number of aryl methyl sites for hydroxylation is 2. The lowest BCUT2D eigenvalue weighted by Gasteiger charge is -2.15. The molecule has 1 saturated heterocycles. The number of likely N-dealkylation sites (tertiary alicyclic amines) is 1. The summed E-state index contributed by atoms with van der Waals surface area (Å²) in [7, 11) is 1.86. The van der Waals surface area contributed by atoms with Crippen LogP contribution in [0.15, 0.2) is 0 Å². The van der Waals surface area contributed by atoms with E-state index in [1.165, 1.54) is 0 Å². The molecule has 0 unspecified atom stereocenters. The number of amides is 1. The topological polar surface area (TPSA) is 64.2 Å². The van der Waals surface area contributed by atoms with E-state index in [1.807, 2.05) is 25.8 Å². The first-order valence-corrected chi connectivity index (χ1v) is 5.55. The monoisotopic (exact) mass is 258 g/mol. The quantitative estimate of drug-likeness (QED) is 0.804. The first-order valence-electron chi connectivity index (χ1n) is 5.55. The molecule has 17 heavy (non-hydrogen) atoms. The van der Waals surface area contributed by atoms with E-state index in [0.717, 1.165) is 29.9 Å². The van der Waals surface area contributed by atoms with E-state index in [-0.39, 0.29) is 24.4 Å². The van der Waals surface area contributed by atoms with Crippen LogP contribution < -0.4 is 5.73 Å². The predicted molar refractivity (Wildman–Crippen MR) is 68.4 cm³/mol. The van der Waals surface area contributed by atoms with Gasteiger partial charge >= 0.3 is 0 Å². The lowest BCUT2D eigenvalue weighted by Crippen LogP contribution is -2.32. The molecule has 1 aromatic rings. The van der Waals surface area contributed by atoms with Gasteiger partial charge in [0.05, 0.1) is 11.3 Å². The molecule has 96 valence electrons. The molecule has 0 bridgehead atoms. The maximum Gasteiger partial charge on any atom is 0.257 e. The van der Waals surface area contributed by atoms with Crippen molar-refractivity contribution >= 4 is 18.3 Å². The molecular weight excluding hydrogens is 240 g/mol. The second-order valence-electron chi connectivity index (χ2n) is 4.47. The Morgan fingerprint density at radius 2 is 2.12 bits per heavy atom. The molecule has 1 aliphatic heterocycles. The van der Waals surface area contributed by atoms with Crippen LogP contribution in [0.4, 0.5) is 0 Å². The Bertz CT molecular complexity index is 429.